The fourth-order valence-electron chi connectivity index (χ4n) is 6.98. The smallest absolute Gasteiger partial charge is 0.136 e. The van der Waals surface area contributed by atoms with E-state index in [9.17, 15) is 0 Å². The predicted octanol–water partition coefficient (Wildman–Crippen LogP) is 11.2. The molecule has 2 heterocycles. The number of benzene rings is 5. The molecular formula is C41H41N3O. The lowest BCUT2D eigenvalue weighted by atomic mass is 9.89. The van der Waals surface area contributed by atoms with Gasteiger partial charge in [0.15, 0.2) is 0 Å². The van der Waals surface area contributed by atoms with Crippen molar-refractivity contribution in [3.63, 3.8) is 0 Å². The third-order valence-corrected chi connectivity index (χ3v) is 9.18. The standard InChI is InChI=1S/C41H41N3O/c1-7-35-38(33-19-12-13-22-36(33)45-35)34-24-44(6)41(42-34)40(43-39-29(25(2)3)20-14-21-30(39)26(4)5)37-31-17-10-8-15-27(31)23-28-16-9-11-18-32(28)37/h8-26,40,43H,7H2,1-6H3. The molecule has 0 radical (unpaired) electrons. The van der Waals surface area contributed by atoms with Crippen molar-refractivity contribution >= 4 is 38.2 Å². The maximum Gasteiger partial charge on any atom is 0.136 e. The SMILES string of the molecule is CCc1oc2ccccc2c1-c1cn(C)c(C(Nc2c(C(C)C)cccc2C(C)C)c2c3ccccc3cc3ccccc23)n1. The third-order valence-electron chi connectivity index (χ3n) is 9.18. The molecule has 7 rings (SSSR count). The monoisotopic (exact) mass is 591 g/mol. The van der Waals surface area contributed by atoms with Crippen molar-refractivity contribution in [3.05, 3.63) is 132 Å². The van der Waals surface area contributed by atoms with Crippen LogP contribution in [0.1, 0.15) is 80.8 Å². The van der Waals surface area contributed by atoms with Crippen molar-refractivity contribution in [2.75, 3.05) is 5.32 Å². The van der Waals surface area contributed by atoms with Gasteiger partial charge >= 0.3 is 0 Å². The summed E-state index contributed by atoms with van der Waals surface area (Å²) in [6.45, 7) is 11.3. The number of imidazole rings is 1. The molecule has 0 aliphatic heterocycles. The quantitative estimate of drug-likeness (QED) is 0.179. The lowest BCUT2D eigenvalue weighted by molar-refractivity contribution is 0.558. The molecule has 0 aliphatic carbocycles. The van der Waals surface area contributed by atoms with Crippen LogP contribution >= 0.6 is 0 Å². The number of aromatic nitrogens is 2. The van der Waals surface area contributed by atoms with E-state index in [1.165, 1.54) is 43.9 Å². The van der Waals surface area contributed by atoms with Gasteiger partial charge in [-0.2, -0.15) is 0 Å². The first-order chi connectivity index (χ1) is 21.9. The Morgan fingerprint density at radius 1 is 0.733 bits per heavy atom. The van der Waals surface area contributed by atoms with Crippen LogP contribution in [0.3, 0.4) is 0 Å². The molecule has 0 amide bonds. The van der Waals surface area contributed by atoms with Crippen LogP contribution in [0.15, 0.2) is 108 Å². The number of furan rings is 1. The van der Waals surface area contributed by atoms with Gasteiger partial charge in [0, 0.05) is 30.7 Å². The fraction of sp³-hybridized carbons (Fsp3) is 0.244. The Morgan fingerprint density at radius 2 is 1.31 bits per heavy atom. The van der Waals surface area contributed by atoms with Gasteiger partial charge < -0.3 is 14.3 Å². The number of anilines is 1. The predicted molar refractivity (Wildman–Crippen MR) is 189 cm³/mol. The molecule has 4 heteroatoms. The van der Waals surface area contributed by atoms with E-state index in [1.54, 1.807) is 0 Å². The van der Waals surface area contributed by atoms with E-state index in [2.05, 4.69) is 143 Å². The van der Waals surface area contributed by atoms with E-state index in [-0.39, 0.29) is 6.04 Å². The van der Waals surface area contributed by atoms with Gasteiger partial charge in [-0.05, 0) is 62.2 Å². The van der Waals surface area contributed by atoms with Crippen molar-refractivity contribution < 1.29 is 4.42 Å². The van der Waals surface area contributed by atoms with Crippen LogP contribution in [0.4, 0.5) is 5.69 Å². The van der Waals surface area contributed by atoms with Crippen LogP contribution in [0.25, 0.3) is 43.8 Å². The minimum Gasteiger partial charge on any atom is -0.460 e. The maximum absolute atomic E-state index is 6.33. The highest BCUT2D eigenvalue weighted by molar-refractivity contribution is 6.03. The molecule has 1 N–H and O–H groups in total. The van der Waals surface area contributed by atoms with Crippen LogP contribution < -0.4 is 5.32 Å². The number of fused-ring (bicyclic) bond motifs is 3. The summed E-state index contributed by atoms with van der Waals surface area (Å²) in [5, 5.41) is 10.2. The first-order valence-electron chi connectivity index (χ1n) is 16.2. The molecule has 0 saturated heterocycles. The Hall–Kier alpha value is -4.83. The molecule has 226 valence electrons. The zero-order chi connectivity index (χ0) is 31.2. The number of hydrogen-bond donors (Lipinski definition) is 1. The third kappa shape index (κ3) is 4.99. The summed E-state index contributed by atoms with van der Waals surface area (Å²) >= 11 is 0. The molecule has 4 nitrogen and oxygen atoms in total. The van der Waals surface area contributed by atoms with Crippen LogP contribution in [-0.2, 0) is 13.5 Å². The minimum atomic E-state index is -0.222. The molecule has 0 fully saturated rings. The van der Waals surface area contributed by atoms with Gasteiger partial charge in [-0.3, -0.25) is 0 Å². The van der Waals surface area contributed by atoms with Gasteiger partial charge in [0.05, 0.1) is 11.3 Å². The second-order valence-corrected chi connectivity index (χ2v) is 12.8. The van der Waals surface area contributed by atoms with Gasteiger partial charge in [0.25, 0.3) is 0 Å². The van der Waals surface area contributed by atoms with Crippen molar-refractivity contribution in [1.29, 1.82) is 0 Å². The Balaban J connectivity index is 1.53. The first kappa shape index (κ1) is 28.9. The second kappa shape index (κ2) is 11.6. The van der Waals surface area contributed by atoms with Gasteiger partial charge in [-0.1, -0.05) is 120 Å². The Bertz CT molecular complexity index is 2080. The molecule has 0 spiro atoms. The maximum atomic E-state index is 6.33. The fourth-order valence-corrected chi connectivity index (χ4v) is 6.98. The molecule has 5 aromatic carbocycles. The largest absolute Gasteiger partial charge is 0.460 e. The summed E-state index contributed by atoms with van der Waals surface area (Å²) in [7, 11) is 2.12. The molecule has 0 aliphatic rings. The average molecular weight is 592 g/mol. The van der Waals surface area contributed by atoms with E-state index in [0.29, 0.717) is 11.8 Å². The minimum absolute atomic E-state index is 0.222. The van der Waals surface area contributed by atoms with Crippen molar-refractivity contribution in [2.24, 2.45) is 7.05 Å². The average Bonchev–Trinajstić information content (AvgIpc) is 3.62. The van der Waals surface area contributed by atoms with Gasteiger partial charge in [0.1, 0.15) is 23.2 Å². The first-order valence-corrected chi connectivity index (χ1v) is 16.2. The lowest BCUT2D eigenvalue weighted by Crippen LogP contribution is -2.20. The molecule has 1 unspecified atom stereocenters. The van der Waals surface area contributed by atoms with Crippen LogP contribution in [-0.4, -0.2) is 9.55 Å². The molecule has 2 aromatic heterocycles. The number of aryl methyl sites for hydroxylation is 2. The van der Waals surface area contributed by atoms with Crippen molar-refractivity contribution in [2.45, 2.75) is 58.9 Å². The van der Waals surface area contributed by atoms with Crippen LogP contribution in [0.5, 0.6) is 0 Å². The molecule has 0 saturated carbocycles. The summed E-state index contributed by atoms with van der Waals surface area (Å²) in [5.41, 5.74) is 8.01. The highest BCUT2D eigenvalue weighted by Crippen LogP contribution is 2.42. The summed E-state index contributed by atoms with van der Waals surface area (Å²) in [6.07, 6.45) is 2.97. The normalized spacial score (nSPS) is 12.6. The highest BCUT2D eigenvalue weighted by atomic mass is 16.3. The van der Waals surface area contributed by atoms with E-state index in [1.807, 2.05) is 12.1 Å². The summed E-state index contributed by atoms with van der Waals surface area (Å²) in [5.74, 6) is 2.65. The van der Waals surface area contributed by atoms with E-state index >= 15 is 0 Å². The van der Waals surface area contributed by atoms with E-state index < -0.39 is 0 Å². The molecular weight excluding hydrogens is 550 g/mol. The number of nitrogens with zero attached hydrogens (tertiary/aromatic N) is 2. The number of rotatable bonds is 8. The van der Waals surface area contributed by atoms with Crippen LogP contribution in [0, 0.1) is 0 Å². The van der Waals surface area contributed by atoms with Crippen molar-refractivity contribution in [1.82, 2.24) is 9.55 Å². The van der Waals surface area contributed by atoms with E-state index in [0.717, 1.165) is 40.2 Å². The number of para-hydroxylation sites is 2. The molecule has 7 aromatic rings. The van der Waals surface area contributed by atoms with Gasteiger partial charge in [0.2, 0.25) is 0 Å². The zero-order valence-corrected chi connectivity index (χ0v) is 27.1. The molecule has 0 bridgehead atoms. The zero-order valence-electron chi connectivity index (χ0n) is 27.1. The van der Waals surface area contributed by atoms with E-state index in [4.69, 9.17) is 9.40 Å². The van der Waals surface area contributed by atoms with Gasteiger partial charge in [-0.15, -0.1) is 0 Å². The summed E-state index contributed by atoms with van der Waals surface area (Å²) in [4.78, 5) is 5.49. The topological polar surface area (TPSA) is 43.0 Å². The Labute approximate surface area is 265 Å². The summed E-state index contributed by atoms with van der Waals surface area (Å²) < 4.78 is 8.53. The second-order valence-electron chi connectivity index (χ2n) is 12.8. The van der Waals surface area contributed by atoms with Gasteiger partial charge in [-0.25, -0.2) is 4.98 Å². The highest BCUT2D eigenvalue weighted by Gasteiger charge is 2.28. The van der Waals surface area contributed by atoms with Crippen molar-refractivity contribution in [3.8, 4) is 11.3 Å². The van der Waals surface area contributed by atoms with Crippen LogP contribution in [0.2, 0.25) is 0 Å². The Kier molecular flexibility index (Phi) is 7.45. The molecule has 1 atom stereocenters. The summed E-state index contributed by atoms with van der Waals surface area (Å²) in [6, 6.07) is 34.6. The Morgan fingerprint density at radius 3 is 1.91 bits per heavy atom. The lowest BCUT2D eigenvalue weighted by Gasteiger charge is -2.28. The number of hydrogen-bond acceptors (Lipinski definition) is 3. The number of nitrogens with one attached hydrogen (secondary N) is 1. The molecule has 45 heavy (non-hydrogen) atoms.